The van der Waals surface area contributed by atoms with Gasteiger partial charge in [0.25, 0.3) is 0 Å². The first kappa shape index (κ1) is 22.5. The van der Waals surface area contributed by atoms with Gasteiger partial charge in [0.15, 0.2) is 12.8 Å². The van der Waals surface area contributed by atoms with E-state index in [0.29, 0.717) is 18.9 Å². The molecule has 1 saturated heterocycles. The third kappa shape index (κ3) is 5.31. The quantitative estimate of drug-likeness (QED) is 0.375. The molecule has 1 N–H and O–H groups in total. The van der Waals surface area contributed by atoms with Gasteiger partial charge in [0.2, 0.25) is 0 Å². The lowest BCUT2D eigenvalue weighted by molar-refractivity contribution is -0.0172. The second-order valence-corrected chi connectivity index (χ2v) is 7.00. The fourth-order valence-corrected chi connectivity index (χ4v) is 3.65. The molecule has 1 aromatic heterocycles. The van der Waals surface area contributed by atoms with Crippen molar-refractivity contribution in [2.24, 2.45) is 4.99 Å². The molecule has 0 amide bonds. The zero-order chi connectivity index (χ0) is 20.1. The van der Waals surface area contributed by atoms with Crippen molar-refractivity contribution in [2.45, 2.75) is 20.1 Å². The number of guanidine groups is 1. The summed E-state index contributed by atoms with van der Waals surface area (Å²) in [4.78, 5) is 13.7. The van der Waals surface area contributed by atoms with Crippen molar-refractivity contribution >= 4 is 35.8 Å². The Morgan fingerprint density at radius 1 is 1.23 bits per heavy atom. The van der Waals surface area contributed by atoms with E-state index in [1.165, 1.54) is 12.1 Å². The van der Waals surface area contributed by atoms with Crippen molar-refractivity contribution in [2.75, 3.05) is 44.4 Å². The van der Waals surface area contributed by atoms with Crippen LogP contribution >= 0.6 is 24.0 Å². The minimum atomic E-state index is -0.294. The van der Waals surface area contributed by atoms with Crippen LogP contribution in [0.1, 0.15) is 18.1 Å². The maximum absolute atomic E-state index is 14.0. The van der Waals surface area contributed by atoms with Crippen LogP contribution in [0, 0.1) is 5.82 Å². The second-order valence-electron chi connectivity index (χ2n) is 7.00. The van der Waals surface area contributed by atoms with Crippen molar-refractivity contribution in [1.82, 2.24) is 15.2 Å². The van der Waals surface area contributed by atoms with Crippen molar-refractivity contribution in [3.63, 3.8) is 0 Å². The molecule has 1 aromatic carbocycles. The Kier molecular flexibility index (Phi) is 8.08. The molecular formula is C21H27FIN5O2. The molecule has 1 fully saturated rings. The Balaban J connectivity index is 0.00000256. The number of rotatable bonds is 4. The minimum Gasteiger partial charge on any atom is -0.467 e. The summed E-state index contributed by atoms with van der Waals surface area (Å²) in [7, 11) is 0. The van der Waals surface area contributed by atoms with Crippen LogP contribution < -0.4 is 15.0 Å². The maximum Gasteiger partial charge on any atom is 0.194 e. The van der Waals surface area contributed by atoms with E-state index in [9.17, 15) is 4.39 Å². The van der Waals surface area contributed by atoms with Crippen LogP contribution in [0.15, 0.2) is 41.5 Å². The molecule has 0 saturated carbocycles. The van der Waals surface area contributed by atoms with Crippen molar-refractivity contribution < 1.29 is 13.9 Å². The van der Waals surface area contributed by atoms with Gasteiger partial charge in [0, 0.05) is 50.0 Å². The Bertz CT molecular complexity index is 860. The minimum absolute atomic E-state index is 0. The Labute approximate surface area is 193 Å². The summed E-state index contributed by atoms with van der Waals surface area (Å²) >= 11 is 0. The summed E-state index contributed by atoms with van der Waals surface area (Å²) in [6.07, 6.45) is 1.82. The fourth-order valence-electron chi connectivity index (χ4n) is 3.65. The van der Waals surface area contributed by atoms with Gasteiger partial charge in [0.1, 0.15) is 17.4 Å². The van der Waals surface area contributed by atoms with Gasteiger partial charge in [-0.15, -0.1) is 24.0 Å². The van der Waals surface area contributed by atoms with Gasteiger partial charge in [-0.05, 0) is 31.2 Å². The lowest BCUT2D eigenvalue weighted by Gasteiger charge is -2.37. The van der Waals surface area contributed by atoms with E-state index in [0.717, 1.165) is 55.6 Å². The topological polar surface area (TPSA) is 62.2 Å². The number of pyridine rings is 1. The number of nitrogens with one attached hydrogen (secondary N) is 1. The molecule has 2 aliphatic heterocycles. The molecule has 0 atom stereocenters. The van der Waals surface area contributed by atoms with Gasteiger partial charge in [-0.1, -0.05) is 6.07 Å². The highest BCUT2D eigenvalue weighted by Crippen LogP contribution is 2.30. The monoisotopic (exact) mass is 527 g/mol. The van der Waals surface area contributed by atoms with E-state index < -0.39 is 0 Å². The lowest BCUT2D eigenvalue weighted by atomic mass is 10.1. The SMILES string of the molecule is CCNC(=NCc1cc(F)cc2c1OCOC2)N1CCN(c2ccccn2)CC1.I. The van der Waals surface area contributed by atoms with E-state index in [-0.39, 0.29) is 36.6 Å². The first-order chi connectivity index (χ1) is 14.2. The third-order valence-corrected chi connectivity index (χ3v) is 5.04. The second kappa shape index (κ2) is 10.8. The first-order valence-corrected chi connectivity index (χ1v) is 9.95. The third-order valence-electron chi connectivity index (χ3n) is 5.04. The molecule has 30 heavy (non-hydrogen) atoms. The predicted molar refractivity (Wildman–Crippen MR) is 125 cm³/mol. The van der Waals surface area contributed by atoms with Gasteiger partial charge in [0.05, 0.1) is 13.2 Å². The number of benzene rings is 1. The van der Waals surface area contributed by atoms with Crippen LogP contribution in [0.25, 0.3) is 0 Å². The molecule has 2 aliphatic rings. The Morgan fingerprint density at radius 2 is 2.07 bits per heavy atom. The predicted octanol–water partition coefficient (Wildman–Crippen LogP) is 2.99. The number of ether oxygens (including phenoxy) is 2. The Morgan fingerprint density at radius 3 is 2.80 bits per heavy atom. The molecule has 0 spiro atoms. The normalized spacial score (nSPS) is 16.4. The van der Waals surface area contributed by atoms with Crippen LogP contribution in [0.4, 0.5) is 10.2 Å². The van der Waals surface area contributed by atoms with E-state index in [1.807, 2.05) is 31.3 Å². The zero-order valence-corrected chi connectivity index (χ0v) is 19.3. The van der Waals surface area contributed by atoms with Crippen LogP contribution in [0.5, 0.6) is 5.75 Å². The van der Waals surface area contributed by atoms with Gasteiger partial charge in [-0.25, -0.2) is 14.4 Å². The summed E-state index contributed by atoms with van der Waals surface area (Å²) in [5, 5.41) is 3.35. The van der Waals surface area contributed by atoms with Crippen molar-refractivity contribution in [1.29, 1.82) is 0 Å². The number of halogens is 2. The van der Waals surface area contributed by atoms with E-state index in [1.54, 1.807) is 0 Å². The standard InChI is InChI=1S/C21H26FN5O2.HI/c1-2-23-21(27-9-7-26(8-10-27)19-5-3-4-6-24-19)25-13-16-11-18(22)12-17-14-28-15-29-20(16)17;/h3-6,11-12H,2,7-10,13-15H2,1H3,(H,23,25);1H. The average Bonchev–Trinajstić information content (AvgIpc) is 2.77. The van der Waals surface area contributed by atoms with E-state index in [2.05, 4.69) is 20.1 Å². The Hall–Kier alpha value is -2.14. The van der Waals surface area contributed by atoms with Gasteiger partial charge < -0.3 is 24.6 Å². The first-order valence-electron chi connectivity index (χ1n) is 9.95. The molecule has 0 aliphatic carbocycles. The fraction of sp³-hybridized carbons (Fsp3) is 0.429. The average molecular weight is 527 g/mol. The number of piperazine rings is 1. The van der Waals surface area contributed by atoms with Crippen LogP contribution in [0.3, 0.4) is 0 Å². The number of aliphatic imine (C=N–C) groups is 1. The molecule has 7 nitrogen and oxygen atoms in total. The number of hydrogen-bond donors (Lipinski definition) is 1. The highest BCUT2D eigenvalue weighted by atomic mass is 127. The molecule has 0 unspecified atom stereocenters. The molecule has 162 valence electrons. The number of anilines is 1. The molecule has 9 heteroatoms. The molecular weight excluding hydrogens is 500 g/mol. The van der Waals surface area contributed by atoms with Gasteiger partial charge in [-0.3, -0.25) is 0 Å². The zero-order valence-electron chi connectivity index (χ0n) is 17.0. The molecule has 0 bridgehead atoms. The van der Waals surface area contributed by atoms with Crippen molar-refractivity contribution in [3.05, 3.63) is 53.5 Å². The summed E-state index contributed by atoms with van der Waals surface area (Å²) in [6.45, 7) is 7.14. The summed E-state index contributed by atoms with van der Waals surface area (Å²) in [5.74, 6) is 2.23. The molecule has 3 heterocycles. The van der Waals surface area contributed by atoms with Gasteiger partial charge >= 0.3 is 0 Å². The number of aromatic nitrogens is 1. The maximum atomic E-state index is 14.0. The molecule has 4 rings (SSSR count). The lowest BCUT2D eigenvalue weighted by Crippen LogP contribution is -2.52. The molecule has 0 radical (unpaired) electrons. The van der Waals surface area contributed by atoms with E-state index in [4.69, 9.17) is 14.5 Å². The highest BCUT2D eigenvalue weighted by molar-refractivity contribution is 14.0. The van der Waals surface area contributed by atoms with Crippen LogP contribution in [-0.2, 0) is 17.9 Å². The number of nitrogens with zero attached hydrogens (tertiary/aromatic N) is 4. The van der Waals surface area contributed by atoms with Crippen LogP contribution in [-0.4, -0.2) is 55.4 Å². The number of hydrogen-bond acceptors (Lipinski definition) is 5. The largest absolute Gasteiger partial charge is 0.467 e. The van der Waals surface area contributed by atoms with Crippen LogP contribution in [0.2, 0.25) is 0 Å². The van der Waals surface area contributed by atoms with E-state index >= 15 is 0 Å². The van der Waals surface area contributed by atoms with Crippen molar-refractivity contribution in [3.8, 4) is 5.75 Å². The van der Waals surface area contributed by atoms with Gasteiger partial charge in [-0.2, -0.15) is 0 Å². The summed E-state index contributed by atoms with van der Waals surface area (Å²) < 4.78 is 24.9. The summed E-state index contributed by atoms with van der Waals surface area (Å²) in [6, 6.07) is 8.93. The summed E-state index contributed by atoms with van der Waals surface area (Å²) in [5.41, 5.74) is 1.47. The number of fused-ring (bicyclic) bond motifs is 1. The highest BCUT2D eigenvalue weighted by Gasteiger charge is 2.21. The smallest absolute Gasteiger partial charge is 0.194 e. The molecule has 2 aromatic rings.